The normalized spacial score (nSPS) is 142. The summed E-state index contributed by atoms with van der Waals surface area (Å²) >= 11 is 0. The van der Waals surface area contributed by atoms with E-state index in [2.05, 4.69) is 0 Å². The summed E-state index contributed by atoms with van der Waals surface area (Å²) in [6.07, 6.45) is 0. The van der Waals surface area contributed by atoms with Crippen LogP contribution in [0.15, 0.2) is 0 Å². The summed E-state index contributed by atoms with van der Waals surface area (Å²) in [6.45, 7) is -1.04. The van der Waals surface area contributed by atoms with Gasteiger partial charge in [0.25, 0.3) is 0 Å². The van der Waals surface area contributed by atoms with Crippen molar-refractivity contribution in [2.75, 3.05) is 0 Å². The molecule has 0 aromatic carbocycles. The van der Waals surface area contributed by atoms with Gasteiger partial charge in [-0.15, -0.1) is 0 Å². The topological polar surface area (TPSA) is 17.1 Å². The molecule has 0 aromatic heterocycles. The fourth-order valence-electron chi connectivity index (χ4n) is 18.4. The van der Waals surface area contributed by atoms with Crippen molar-refractivity contribution in [2.24, 2.45) is 0 Å². The third kappa shape index (κ3) is 0.0318. The first-order chi connectivity index (χ1) is 6.49. The van der Waals surface area contributed by atoms with E-state index in [4.69, 9.17) is 0 Å². The van der Waals surface area contributed by atoms with E-state index in [1.54, 1.807) is 0 Å². The second-order valence-electron chi connectivity index (χ2n) is 10.8. The van der Waals surface area contributed by atoms with Gasteiger partial charge in [-0.05, 0) is 0 Å². The number of carbonyl (C=O) groups excluding carboxylic acids is 1. The first-order valence-electron chi connectivity index (χ1n) is 6.35. The van der Waals surface area contributed by atoms with Gasteiger partial charge in [0.05, 0.1) is 0 Å². The molecule has 2 heteroatoms. The minimum absolute atomic E-state index is 0.561. The summed E-state index contributed by atoms with van der Waals surface area (Å²) < 4.78 is 0.561. The Labute approximate surface area is 71.9 Å². The molecule has 10 rings (SSSR count). The predicted molar refractivity (Wildman–Crippen MR) is 47.1 cm³/mol. The number of hydrogen-bond donors (Lipinski definition) is 0. The molecule has 10 aliphatic rings. The predicted octanol–water partition coefficient (Wildman–Crippen LogP) is 3.33. The van der Waals surface area contributed by atoms with E-state index >= 15 is 0 Å². The molecule has 0 amide bonds. The van der Waals surface area contributed by atoms with Gasteiger partial charge in [0.2, 0.25) is 0 Å². The number of rotatable bonds is 1. The van der Waals surface area contributed by atoms with Crippen LogP contribution in [0.25, 0.3) is 0 Å². The number of ketones is 1. The van der Waals surface area contributed by atoms with E-state index < -0.39 is 6.51 Å². The average Bonchev–Trinajstić information content (AvgIpc) is 3.13. The monoisotopic (exact) mass is 227 g/mol. The van der Waals surface area contributed by atoms with E-state index in [1.807, 2.05) is 6.92 Å². The van der Waals surface area contributed by atoms with Crippen molar-refractivity contribution in [1.29, 1.82) is 0 Å². The van der Waals surface area contributed by atoms with Crippen LogP contribution in [0, 0.1) is 0 Å². The van der Waals surface area contributed by atoms with Crippen molar-refractivity contribution in [3.05, 3.63) is 0 Å². The third-order valence-corrected chi connectivity index (χ3v) is 61.5. The zero-order chi connectivity index (χ0) is 8.59. The Kier molecular flexibility index (Phi) is 0.0975. The van der Waals surface area contributed by atoms with Crippen molar-refractivity contribution in [3.63, 3.8) is 0 Å². The van der Waals surface area contributed by atoms with E-state index in [1.165, 1.54) is 43.3 Å². The molecule has 10 heterocycles. The van der Waals surface area contributed by atoms with Gasteiger partial charge in [0.15, 0.2) is 0 Å². The fourth-order valence-corrected chi connectivity index (χ4v) is 100. The molecule has 10 saturated heterocycles. The zero-order valence-electron chi connectivity index (χ0n) is 7.98. The minimum atomic E-state index is -3.03. The van der Waals surface area contributed by atoms with Crippen molar-refractivity contribution >= 4 is 5.78 Å². The molecule has 0 saturated carbocycles. The molecular formula is C12H12MnO. The molecule has 4 atom stereocenters. The van der Waals surface area contributed by atoms with Crippen LogP contribution >= 0.6 is 0 Å². The molecule has 14 heavy (non-hydrogen) atoms. The van der Waals surface area contributed by atoms with Crippen LogP contribution in [0.5, 0.6) is 0 Å². The Morgan fingerprint density at radius 3 is 1.43 bits per heavy atom. The van der Waals surface area contributed by atoms with Crippen LogP contribution in [-0.4, -0.2) is 5.78 Å². The first kappa shape index (κ1) is 4.59. The molecule has 10 fully saturated rings. The Morgan fingerprint density at radius 1 is 0.929 bits per heavy atom. The van der Waals surface area contributed by atoms with Gasteiger partial charge >= 0.3 is 71.7 Å². The van der Waals surface area contributed by atoms with Gasteiger partial charge in [0, 0.05) is 0 Å². The Morgan fingerprint density at radius 2 is 1.36 bits per heavy atom. The van der Waals surface area contributed by atoms with E-state index in [-0.39, 0.29) is 0 Å². The first-order valence-corrected chi connectivity index (χ1v) is 13.1. The van der Waals surface area contributed by atoms with Crippen molar-refractivity contribution in [2.45, 2.75) is 54.6 Å². The van der Waals surface area contributed by atoms with Gasteiger partial charge < -0.3 is 0 Å². The van der Waals surface area contributed by atoms with Crippen LogP contribution in [0.3, 0.4) is 0 Å². The number of Topliss-reactive ketones (excluding diaryl/α,β-unsaturated/α-hetero) is 1. The van der Waals surface area contributed by atoms with E-state index in [0.29, 0.717) is 4.31 Å². The molecule has 73 valence electrons. The summed E-state index contributed by atoms with van der Waals surface area (Å²) in [4.78, 5) is 23.9. The van der Waals surface area contributed by atoms with E-state index in [9.17, 15) is 4.79 Å². The standard InChI is InChI=1S/C7H7O.C5H5.Mn/c1-6(8)7-4-2-3-5-7;1-2-4-5-3-1;/h2-5H,1H3;1-5H;. The molecule has 10 aliphatic heterocycles. The number of fused-ring (bicyclic) bond motifs is 10. The van der Waals surface area contributed by atoms with Gasteiger partial charge in [-0.2, -0.15) is 0 Å². The molecular weight excluding hydrogens is 215 g/mol. The molecule has 0 aromatic rings. The van der Waals surface area contributed by atoms with Crippen LogP contribution in [0.1, 0.15) is 6.92 Å². The summed E-state index contributed by atoms with van der Waals surface area (Å²) in [5.41, 5.74) is 0. The average molecular weight is 227 g/mol. The third-order valence-electron chi connectivity index (χ3n) is 16.2. The molecule has 0 bridgehead atoms. The quantitative estimate of drug-likeness (QED) is 0.628. The van der Waals surface area contributed by atoms with Crippen LogP contribution in [0.4, 0.5) is 0 Å². The Balaban J connectivity index is 1.98. The summed E-state index contributed by atoms with van der Waals surface area (Å²) in [6, 6.07) is 0. The maximum atomic E-state index is 12.2. The SMILES string of the molecule is CC(=O)[C]12[CH]3[CH]4[CH]5[CH]1[Mn]45321678[CH]2[CH]1[CH]6[CH]7[CH]28. The Hall–Kier alpha value is 0.189. The van der Waals surface area contributed by atoms with Crippen molar-refractivity contribution in [3.8, 4) is 0 Å². The van der Waals surface area contributed by atoms with Crippen LogP contribution in [0.2, 0.25) is 47.7 Å². The maximum absolute atomic E-state index is 12.2. The molecule has 1 nitrogen and oxygen atoms in total. The van der Waals surface area contributed by atoms with Gasteiger partial charge in [-0.25, -0.2) is 0 Å². The van der Waals surface area contributed by atoms with Crippen molar-refractivity contribution < 1.29 is 11.3 Å². The molecule has 0 aliphatic carbocycles. The summed E-state index contributed by atoms with van der Waals surface area (Å²) in [5.74, 6) is 0.729. The zero-order valence-corrected chi connectivity index (χ0v) is 9.16. The summed E-state index contributed by atoms with van der Waals surface area (Å²) in [7, 11) is 0. The van der Waals surface area contributed by atoms with E-state index in [0.717, 1.165) is 5.78 Å². The second kappa shape index (κ2) is 0.297. The van der Waals surface area contributed by atoms with Crippen LogP contribution in [-0.2, 0) is 11.3 Å². The van der Waals surface area contributed by atoms with Gasteiger partial charge in [-0.3, -0.25) is 0 Å². The molecule has 4 unspecified atom stereocenters. The summed E-state index contributed by atoms with van der Waals surface area (Å²) in [5, 5.41) is 0. The molecule has 1 spiro atoms. The Bertz CT molecular complexity index is 844. The van der Waals surface area contributed by atoms with Gasteiger partial charge in [-0.1, -0.05) is 0 Å². The fraction of sp³-hybridized carbons (Fsp3) is 0.917. The van der Waals surface area contributed by atoms with Crippen molar-refractivity contribution in [1.82, 2.24) is 0 Å². The number of carbonyl (C=O) groups is 1. The van der Waals surface area contributed by atoms with Gasteiger partial charge in [0.1, 0.15) is 0 Å². The molecule has 0 N–H and O–H groups in total. The number of hydrogen-bond acceptors (Lipinski definition) is 1. The second-order valence-corrected chi connectivity index (χ2v) is 35.9. The molecule has 0 radical (unpaired) electrons. The van der Waals surface area contributed by atoms with Crippen LogP contribution < -0.4 is 0 Å².